The zero-order valence-electron chi connectivity index (χ0n) is 9.10. The number of nitrogens with one attached hydrogen (secondary N) is 1. The fraction of sp³-hybridized carbons (Fsp3) is 0.364. The van der Waals surface area contributed by atoms with E-state index in [0.29, 0.717) is 4.80 Å². The van der Waals surface area contributed by atoms with Crippen LogP contribution in [0.25, 0.3) is 10.2 Å². The second-order valence-corrected chi connectivity index (χ2v) is 4.40. The summed E-state index contributed by atoms with van der Waals surface area (Å²) < 4.78 is 8.24. The van der Waals surface area contributed by atoms with Gasteiger partial charge in [-0.1, -0.05) is 23.5 Å². The van der Waals surface area contributed by atoms with Crippen LogP contribution in [0.4, 0.5) is 0 Å². The fourth-order valence-electron chi connectivity index (χ4n) is 1.62. The van der Waals surface area contributed by atoms with Crippen molar-refractivity contribution in [1.82, 2.24) is 4.57 Å². The Kier molecular flexibility index (Phi) is 5.18. The lowest BCUT2D eigenvalue weighted by molar-refractivity contribution is 0.190. The number of rotatable bonds is 4. The van der Waals surface area contributed by atoms with Crippen LogP contribution in [-0.2, 0) is 11.3 Å². The zero-order valence-corrected chi connectivity index (χ0v) is 11.6. The lowest BCUT2D eigenvalue weighted by Crippen LogP contribution is -2.14. The van der Waals surface area contributed by atoms with E-state index in [1.807, 2.05) is 16.7 Å². The number of nitrogens with zero attached hydrogens (tertiary/aromatic N) is 1. The van der Waals surface area contributed by atoms with E-state index >= 15 is 0 Å². The van der Waals surface area contributed by atoms with Crippen LogP contribution >= 0.6 is 28.3 Å². The number of para-hydroxylation sites is 1. The molecule has 0 radical (unpaired) electrons. The molecule has 0 unspecified atom stereocenters. The van der Waals surface area contributed by atoms with E-state index in [9.17, 15) is 0 Å². The molecule has 0 fully saturated rings. The Morgan fingerprint density at radius 1 is 1.38 bits per heavy atom. The molecule has 3 nitrogen and oxygen atoms in total. The Hall–Kier alpha value is -0.650. The monoisotopic (exact) mass is 302 g/mol. The van der Waals surface area contributed by atoms with Crippen LogP contribution in [0.3, 0.4) is 0 Å². The molecule has 0 saturated heterocycles. The van der Waals surface area contributed by atoms with Crippen molar-refractivity contribution in [2.45, 2.75) is 13.0 Å². The third-order valence-electron chi connectivity index (χ3n) is 2.34. The van der Waals surface area contributed by atoms with Crippen LogP contribution in [-0.4, -0.2) is 18.3 Å². The Labute approximate surface area is 109 Å². The van der Waals surface area contributed by atoms with Gasteiger partial charge in [-0.15, -0.1) is 17.0 Å². The van der Waals surface area contributed by atoms with Crippen molar-refractivity contribution in [3.63, 3.8) is 0 Å². The molecule has 0 aliphatic carbocycles. The van der Waals surface area contributed by atoms with E-state index in [-0.39, 0.29) is 17.0 Å². The number of aryl methyl sites for hydroxylation is 1. The number of hydrogen-bond acceptors (Lipinski definition) is 3. The van der Waals surface area contributed by atoms with Crippen molar-refractivity contribution in [2.75, 3.05) is 13.7 Å². The van der Waals surface area contributed by atoms with Gasteiger partial charge in [-0.25, -0.2) is 0 Å². The van der Waals surface area contributed by atoms with E-state index in [2.05, 4.69) is 12.1 Å². The number of benzene rings is 1. The van der Waals surface area contributed by atoms with Crippen LogP contribution < -0.4 is 4.80 Å². The molecule has 2 aromatic rings. The molecule has 0 aliphatic heterocycles. The molecule has 0 spiro atoms. The number of ether oxygens (including phenoxy) is 1. The van der Waals surface area contributed by atoms with Crippen LogP contribution in [0.5, 0.6) is 0 Å². The summed E-state index contributed by atoms with van der Waals surface area (Å²) in [4.78, 5) is 0.618. The van der Waals surface area contributed by atoms with E-state index in [1.165, 1.54) is 16.0 Å². The first-order valence-corrected chi connectivity index (χ1v) is 5.76. The second kappa shape index (κ2) is 6.18. The van der Waals surface area contributed by atoms with Gasteiger partial charge in [0.15, 0.2) is 4.80 Å². The summed E-state index contributed by atoms with van der Waals surface area (Å²) in [6.07, 6.45) is 0.952. The molecular formula is C11H15BrN2OS. The molecule has 5 heteroatoms. The molecule has 0 aliphatic rings. The van der Waals surface area contributed by atoms with Crippen LogP contribution in [0.2, 0.25) is 0 Å². The van der Waals surface area contributed by atoms with E-state index in [1.54, 1.807) is 7.11 Å². The predicted octanol–water partition coefficient (Wildman–Crippen LogP) is 2.80. The maximum atomic E-state index is 7.88. The Balaban J connectivity index is 0.00000128. The summed E-state index contributed by atoms with van der Waals surface area (Å²) in [6.45, 7) is 1.60. The summed E-state index contributed by atoms with van der Waals surface area (Å²) in [5.41, 5.74) is 1.16. The fourth-order valence-corrected chi connectivity index (χ4v) is 2.56. The predicted molar refractivity (Wildman–Crippen MR) is 72.5 cm³/mol. The molecule has 16 heavy (non-hydrogen) atoms. The Morgan fingerprint density at radius 2 is 2.12 bits per heavy atom. The first-order chi connectivity index (χ1) is 7.33. The van der Waals surface area contributed by atoms with Gasteiger partial charge in [-0.05, 0) is 18.6 Å². The molecule has 0 saturated carbocycles. The molecule has 1 N–H and O–H groups in total. The van der Waals surface area contributed by atoms with Crippen LogP contribution in [0, 0.1) is 5.41 Å². The minimum atomic E-state index is 0. The Morgan fingerprint density at radius 3 is 2.88 bits per heavy atom. The smallest absolute Gasteiger partial charge is 0.182 e. The molecule has 2 rings (SSSR count). The van der Waals surface area contributed by atoms with Crippen molar-refractivity contribution >= 4 is 38.5 Å². The molecule has 1 aromatic carbocycles. The molecule has 0 bridgehead atoms. The summed E-state index contributed by atoms with van der Waals surface area (Å²) in [5, 5.41) is 7.88. The number of methoxy groups -OCH3 is 1. The molecule has 88 valence electrons. The van der Waals surface area contributed by atoms with Gasteiger partial charge in [-0.3, -0.25) is 5.41 Å². The lowest BCUT2D eigenvalue weighted by atomic mass is 10.3. The first-order valence-electron chi connectivity index (χ1n) is 4.95. The van der Waals surface area contributed by atoms with Gasteiger partial charge in [-0.2, -0.15) is 0 Å². The van der Waals surface area contributed by atoms with Gasteiger partial charge in [0.2, 0.25) is 0 Å². The van der Waals surface area contributed by atoms with Crippen molar-refractivity contribution < 1.29 is 4.74 Å². The van der Waals surface area contributed by atoms with Gasteiger partial charge in [0.25, 0.3) is 0 Å². The minimum Gasteiger partial charge on any atom is -0.385 e. The van der Waals surface area contributed by atoms with Gasteiger partial charge in [0, 0.05) is 20.3 Å². The zero-order chi connectivity index (χ0) is 10.7. The van der Waals surface area contributed by atoms with Crippen LogP contribution in [0.15, 0.2) is 24.3 Å². The molecule has 0 atom stereocenters. The molecule has 1 heterocycles. The topological polar surface area (TPSA) is 38.0 Å². The van der Waals surface area contributed by atoms with Crippen molar-refractivity contribution in [1.29, 1.82) is 5.41 Å². The minimum absolute atomic E-state index is 0. The van der Waals surface area contributed by atoms with E-state index < -0.39 is 0 Å². The maximum Gasteiger partial charge on any atom is 0.182 e. The maximum absolute atomic E-state index is 7.88. The third-order valence-corrected chi connectivity index (χ3v) is 3.32. The van der Waals surface area contributed by atoms with E-state index in [4.69, 9.17) is 10.1 Å². The number of hydrogen-bond donors (Lipinski definition) is 1. The van der Waals surface area contributed by atoms with Crippen LogP contribution in [0.1, 0.15) is 6.42 Å². The van der Waals surface area contributed by atoms with Gasteiger partial charge >= 0.3 is 0 Å². The summed E-state index contributed by atoms with van der Waals surface area (Å²) in [7, 11) is 1.71. The Bertz CT molecular complexity index is 506. The number of thiazole rings is 1. The number of fused-ring (bicyclic) bond motifs is 1. The van der Waals surface area contributed by atoms with Gasteiger partial charge < -0.3 is 9.30 Å². The van der Waals surface area contributed by atoms with Crippen molar-refractivity contribution in [2.24, 2.45) is 0 Å². The van der Waals surface area contributed by atoms with Crippen molar-refractivity contribution in [3.8, 4) is 0 Å². The third kappa shape index (κ3) is 2.72. The SMILES string of the molecule is Br.COCCCn1c(=N)sc2ccccc21. The normalized spacial score (nSPS) is 10.3. The standard InChI is InChI=1S/C11H14N2OS.BrH/c1-14-8-4-7-13-9-5-2-3-6-10(9)15-11(13)12;/h2-3,5-6,12H,4,7-8H2,1H3;1H. The highest BCUT2D eigenvalue weighted by molar-refractivity contribution is 8.93. The summed E-state index contributed by atoms with van der Waals surface area (Å²) in [5.74, 6) is 0. The molecular weight excluding hydrogens is 288 g/mol. The average molecular weight is 303 g/mol. The highest BCUT2D eigenvalue weighted by Crippen LogP contribution is 2.16. The highest BCUT2D eigenvalue weighted by Gasteiger charge is 2.03. The molecule has 0 amide bonds. The number of aromatic nitrogens is 1. The van der Waals surface area contributed by atoms with Gasteiger partial charge in [0.1, 0.15) is 0 Å². The largest absolute Gasteiger partial charge is 0.385 e. The summed E-state index contributed by atoms with van der Waals surface area (Å²) >= 11 is 1.53. The average Bonchev–Trinajstić information content (AvgIpc) is 2.56. The highest BCUT2D eigenvalue weighted by atomic mass is 79.9. The lowest BCUT2D eigenvalue weighted by Gasteiger charge is -2.03. The van der Waals surface area contributed by atoms with Gasteiger partial charge in [0.05, 0.1) is 10.2 Å². The second-order valence-electron chi connectivity index (χ2n) is 3.37. The van der Waals surface area contributed by atoms with Crippen molar-refractivity contribution in [3.05, 3.63) is 29.1 Å². The molecule has 1 aromatic heterocycles. The summed E-state index contributed by atoms with van der Waals surface area (Å²) in [6, 6.07) is 8.15. The number of halogens is 1. The van der Waals surface area contributed by atoms with E-state index in [0.717, 1.165) is 25.1 Å². The quantitative estimate of drug-likeness (QED) is 0.867. The first kappa shape index (κ1) is 13.4.